The maximum absolute atomic E-state index is 12.6. The smallest absolute Gasteiger partial charge is 0.269 e. The quantitative estimate of drug-likeness (QED) is 0.469. The summed E-state index contributed by atoms with van der Waals surface area (Å²) >= 11 is 0. The molecular formula is C22H24N6O3. The second-order valence-electron chi connectivity index (χ2n) is 7.70. The van der Waals surface area contributed by atoms with E-state index in [-0.39, 0.29) is 11.6 Å². The number of nitrogens with one attached hydrogen (secondary N) is 2. The summed E-state index contributed by atoms with van der Waals surface area (Å²) in [4.78, 5) is 27.6. The molecule has 9 heteroatoms. The number of benzene rings is 2. The zero-order chi connectivity index (χ0) is 21.8. The van der Waals surface area contributed by atoms with Crippen LogP contribution in [0.1, 0.15) is 15.9 Å². The van der Waals surface area contributed by atoms with Gasteiger partial charge in [-0.05, 0) is 36.9 Å². The monoisotopic (exact) mass is 420 g/mol. The zero-order valence-corrected chi connectivity index (χ0v) is 17.2. The lowest BCUT2D eigenvalue weighted by Crippen LogP contribution is -2.43. The van der Waals surface area contributed by atoms with E-state index in [9.17, 15) is 14.9 Å². The number of aromatic amines is 1. The highest BCUT2D eigenvalue weighted by atomic mass is 16.6. The molecule has 0 unspecified atom stereocenters. The maximum Gasteiger partial charge on any atom is 0.269 e. The summed E-state index contributed by atoms with van der Waals surface area (Å²) in [7, 11) is 2.14. The Morgan fingerprint density at radius 2 is 1.77 bits per heavy atom. The number of amides is 1. The fraction of sp³-hybridized carbons (Fsp3) is 0.273. The van der Waals surface area contributed by atoms with E-state index in [0.29, 0.717) is 17.1 Å². The molecule has 2 N–H and O–H groups in total. The predicted molar refractivity (Wildman–Crippen MR) is 118 cm³/mol. The topological polar surface area (TPSA) is 107 Å². The minimum absolute atomic E-state index is 0.0175. The van der Waals surface area contributed by atoms with Crippen LogP contribution in [0.4, 0.5) is 11.5 Å². The molecule has 1 aromatic heterocycles. The first-order valence-electron chi connectivity index (χ1n) is 10.1. The lowest BCUT2D eigenvalue weighted by molar-refractivity contribution is -0.384. The number of piperazine rings is 1. The highest BCUT2D eigenvalue weighted by molar-refractivity contribution is 6.03. The van der Waals surface area contributed by atoms with Crippen LogP contribution in [0.15, 0.2) is 54.6 Å². The largest absolute Gasteiger partial charge is 0.307 e. The number of nitrogens with zero attached hydrogens (tertiary/aromatic N) is 4. The summed E-state index contributed by atoms with van der Waals surface area (Å²) in [5, 5.41) is 20.5. The van der Waals surface area contributed by atoms with Gasteiger partial charge in [0.05, 0.1) is 10.6 Å². The van der Waals surface area contributed by atoms with E-state index >= 15 is 0 Å². The number of nitro benzene ring substituents is 1. The van der Waals surface area contributed by atoms with Gasteiger partial charge in [0.25, 0.3) is 11.6 Å². The molecule has 9 nitrogen and oxygen atoms in total. The third-order valence-corrected chi connectivity index (χ3v) is 5.42. The first kappa shape index (κ1) is 20.7. The molecule has 1 aliphatic heterocycles. The Morgan fingerprint density at radius 1 is 1.10 bits per heavy atom. The Balaban J connectivity index is 1.35. The van der Waals surface area contributed by atoms with Crippen LogP contribution in [-0.4, -0.2) is 64.1 Å². The summed E-state index contributed by atoms with van der Waals surface area (Å²) in [5.41, 5.74) is 3.07. The summed E-state index contributed by atoms with van der Waals surface area (Å²) in [6, 6.07) is 15.4. The number of hydrogen-bond donors (Lipinski definition) is 2. The van der Waals surface area contributed by atoms with Gasteiger partial charge in [-0.1, -0.05) is 12.1 Å². The third kappa shape index (κ3) is 5.14. The van der Waals surface area contributed by atoms with Gasteiger partial charge in [0.2, 0.25) is 0 Å². The van der Waals surface area contributed by atoms with Crippen LogP contribution in [0, 0.1) is 10.1 Å². The number of carbonyl (C=O) groups excluding carboxylic acids is 1. The van der Waals surface area contributed by atoms with Gasteiger partial charge in [-0.3, -0.25) is 24.9 Å². The molecule has 1 fully saturated rings. The van der Waals surface area contributed by atoms with Gasteiger partial charge < -0.3 is 10.2 Å². The molecule has 1 aliphatic rings. The predicted octanol–water partition coefficient (Wildman–Crippen LogP) is 2.98. The normalized spacial score (nSPS) is 15.0. The van der Waals surface area contributed by atoms with Crippen molar-refractivity contribution >= 4 is 17.4 Å². The summed E-state index contributed by atoms with van der Waals surface area (Å²) < 4.78 is 0. The van der Waals surface area contributed by atoms with Crippen molar-refractivity contribution in [3.63, 3.8) is 0 Å². The van der Waals surface area contributed by atoms with Gasteiger partial charge in [-0.2, -0.15) is 5.10 Å². The average molecular weight is 420 g/mol. The van der Waals surface area contributed by atoms with Crippen LogP contribution < -0.4 is 5.32 Å². The lowest BCUT2D eigenvalue weighted by atomic mass is 10.1. The van der Waals surface area contributed by atoms with Crippen LogP contribution in [0.5, 0.6) is 0 Å². The molecule has 0 saturated carbocycles. The van der Waals surface area contributed by atoms with E-state index in [4.69, 9.17) is 0 Å². The molecule has 2 heterocycles. The standard InChI is InChI=1S/C22H24N6O3/c1-26-10-12-27(13-11-26)15-16-2-4-18(5-3-16)22(29)23-21-14-20(24-25-21)17-6-8-19(9-7-17)28(30)31/h2-9,14H,10-13,15H2,1H3,(H2,23,24,25,29). The van der Waals surface area contributed by atoms with Crippen molar-refractivity contribution < 1.29 is 9.72 Å². The minimum atomic E-state index is -0.448. The third-order valence-electron chi connectivity index (χ3n) is 5.42. The summed E-state index contributed by atoms with van der Waals surface area (Å²) in [6.07, 6.45) is 0. The Hall–Kier alpha value is -3.56. The molecule has 1 amide bonds. The Kier molecular flexibility index (Phi) is 6.06. The van der Waals surface area contributed by atoms with Crippen molar-refractivity contribution in [1.82, 2.24) is 20.0 Å². The molecular weight excluding hydrogens is 396 g/mol. The van der Waals surface area contributed by atoms with Gasteiger partial charge in [0, 0.05) is 62.0 Å². The molecule has 2 aromatic carbocycles. The minimum Gasteiger partial charge on any atom is -0.307 e. The molecule has 160 valence electrons. The second-order valence-corrected chi connectivity index (χ2v) is 7.70. The highest BCUT2D eigenvalue weighted by Crippen LogP contribution is 2.23. The van der Waals surface area contributed by atoms with E-state index in [0.717, 1.165) is 38.3 Å². The van der Waals surface area contributed by atoms with Crippen molar-refractivity contribution in [2.75, 3.05) is 38.5 Å². The van der Waals surface area contributed by atoms with Crippen molar-refractivity contribution in [2.45, 2.75) is 6.54 Å². The molecule has 0 atom stereocenters. The number of carbonyl (C=O) groups is 1. The van der Waals surface area contributed by atoms with E-state index in [1.54, 1.807) is 18.2 Å². The van der Waals surface area contributed by atoms with Crippen LogP contribution in [0.2, 0.25) is 0 Å². The molecule has 0 radical (unpaired) electrons. The SMILES string of the molecule is CN1CCN(Cc2ccc(C(=O)Nc3cc(-c4ccc([N+](=O)[O-])cc4)n[nH]3)cc2)CC1. The fourth-order valence-corrected chi connectivity index (χ4v) is 3.51. The van der Waals surface area contributed by atoms with Crippen molar-refractivity contribution in [3.05, 3.63) is 75.8 Å². The number of likely N-dealkylation sites (N-methyl/N-ethyl adjacent to an activating group) is 1. The molecule has 31 heavy (non-hydrogen) atoms. The van der Waals surface area contributed by atoms with Crippen LogP contribution in [-0.2, 0) is 6.54 Å². The number of hydrogen-bond acceptors (Lipinski definition) is 6. The number of nitro groups is 1. The average Bonchev–Trinajstić information content (AvgIpc) is 3.24. The number of rotatable bonds is 6. The molecule has 4 rings (SSSR count). The van der Waals surface area contributed by atoms with E-state index < -0.39 is 4.92 Å². The number of non-ortho nitro benzene ring substituents is 1. The lowest BCUT2D eigenvalue weighted by Gasteiger charge is -2.32. The molecule has 1 saturated heterocycles. The number of anilines is 1. The van der Waals surface area contributed by atoms with E-state index in [1.165, 1.54) is 17.7 Å². The van der Waals surface area contributed by atoms with Gasteiger partial charge in [-0.15, -0.1) is 0 Å². The van der Waals surface area contributed by atoms with Crippen molar-refractivity contribution in [2.24, 2.45) is 0 Å². The Morgan fingerprint density at radius 3 is 2.42 bits per heavy atom. The Labute approximate surface area is 179 Å². The number of aromatic nitrogens is 2. The molecule has 0 aliphatic carbocycles. The number of H-pyrrole nitrogens is 1. The first-order valence-corrected chi connectivity index (χ1v) is 10.1. The van der Waals surface area contributed by atoms with Crippen molar-refractivity contribution in [3.8, 4) is 11.3 Å². The van der Waals surface area contributed by atoms with Crippen LogP contribution >= 0.6 is 0 Å². The summed E-state index contributed by atoms with van der Waals surface area (Å²) in [5.74, 6) is 0.227. The van der Waals surface area contributed by atoms with Gasteiger partial charge >= 0.3 is 0 Å². The fourth-order valence-electron chi connectivity index (χ4n) is 3.51. The van der Waals surface area contributed by atoms with E-state index in [1.807, 2.05) is 24.3 Å². The summed E-state index contributed by atoms with van der Waals surface area (Å²) in [6.45, 7) is 5.14. The van der Waals surface area contributed by atoms with Gasteiger partial charge in [-0.25, -0.2) is 0 Å². The van der Waals surface area contributed by atoms with E-state index in [2.05, 4.69) is 32.4 Å². The van der Waals surface area contributed by atoms with Gasteiger partial charge in [0.15, 0.2) is 0 Å². The highest BCUT2D eigenvalue weighted by Gasteiger charge is 2.15. The molecule has 0 spiro atoms. The maximum atomic E-state index is 12.6. The molecule has 0 bridgehead atoms. The van der Waals surface area contributed by atoms with Crippen molar-refractivity contribution in [1.29, 1.82) is 0 Å². The van der Waals surface area contributed by atoms with Gasteiger partial charge in [0.1, 0.15) is 5.82 Å². The first-order chi connectivity index (χ1) is 15.0. The Bertz CT molecular complexity index is 1050. The van der Waals surface area contributed by atoms with Crippen LogP contribution in [0.25, 0.3) is 11.3 Å². The molecule has 3 aromatic rings. The van der Waals surface area contributed by atoms with Crippen LogP contribution in [0.3, 0.4) is 0 Å². The zero-order valence-electron chi connectivity index (χ0n) is 17.2. The second kappa shape index (κ2) is 9.07.